The van der Waals surface area contributed by atoms with Crippen LogP contribution in [0.4, 0.5) is 0 Å². The second kappa shape index (κ2) is 13.6. The molecule has 1 atom stereocenters. The molecule has 1 unspecified atom stereocenters. The number of carboxylic acid groups (broad SMARTS) is 1. The molecule has 3 aromatic rings. The maximum atomic E-state index is 12.7. The first kappa shape index (κ1) is 29.4. The number of fused-ring (bicyclic) bond motifs is 1. The van der Waals surface area contributed by atoms with Gasteiger partial charge in [-0.05, 0) is 104 Å². The lowest BCUT2D eigenvalue weighted by Crippen LogP contribution is -2.42. The van der Waals surface area contributed by atoms with Crippen molar-refractivity contribution < 1.29 is 23.1 Å². The van der Waals surface area contributed by atoms with Crippen molar-refractivity contribution in [2.45, 2.75) is 43.0 Å². The third-order valence-electron chi connectivity index (χ3n) is 6.52. The molecule has 1 fully saturated rings. The highest BCUT2D eigenvalue weighted by atomic mass is 79.9. The highest BCUT2D eigenvalue weighted by molar-refractivity contribution is 9.10. The number of ether oxygens (including phenoxy) is 1. The Morgan fingerprint density at radius 2 is 1.73 bits per heavy atom. The molecule has 37 heavy (non-hydrogen) atoms. The molecular weight excluding hydrogens is 580 g/mol. The minimum Gasteiger partial charge on any atom is -0.494 e. The Morgan fingerprint density at radius 1 is 1.05 bits per heavy atom. The van der Waals surface area contributed by atoms with Gasteiger partial charge in [0.15, 0.2) is 0 Å². The number of hydrogen-bond acceptors (Lipinski definition) is 5. The van der Waals surface area contributed by atoms with E-state index in [0.29, 0.717) is 6.61 Å². The number of aliphatic carboxylic acids is 1. The molecule has 0 aliphatic carbocycles. The average molecular weight is 612 g/mol. The lowest BCUT2D eigenvalue weighted by atomic mass is 9.93. The SMILES string of the molecule is Cl.O=C(O)C(Cc1ccc2cc(OCCCC3CCNCC3)ccc2c1)NS(=O)(=O)c1ccc(Br)cc1. The van der Waals surface area contributed by atoms with Crippen molar-refractivity contribution in [1.29, 1.82) is 0 Å². The van der Waals surface area contributed by atoms with Gasteiger partial charge in [0, 0.05) is 4.47 Å². The van der Waals surface area contributed by atoms with E-state index in [4.69, 9.17) is 4.74 Å². The summed E-state index contributed by atoms with van der Waals surface area (Å²) in [6, 6.07) is 16.2. The molecular formula is C27H32BrClN2O5S. The first-order valence-corrected chi connectivity index (χ1v) is 14.4. The van der Waals surface area contributed by atoms with Gasteiger partial charge in [0.05, 0.1) is 11.5 Å². The fourth-order valence-corrected chi connectivity index (χ4v) is 5.96. The number of hydrogen-bond donors (Lipinski definition) is 3. The van der Waals surface area contributed by atoms with E-state index in [1.165, 1.54) is 31.4 Å². The fraction of sp³-hybridized carbons (Fsp3) is 0.370. The van der Waals surface area contributed by atoms with Crippen LogP contribution in [0.15, 0.2) is 70.0 Å². The van der Waals surface area contributed by atoms with Crippen molar-refractivity contribution >= 4 is 55.1 Å². The first-order chi connectivity index (χ1) is 17.3. The molecule has 0 saturated carbocycles. The summed E-state index contributed by atoms with van der Waals surface area (Å²) in [5.41, 5.74) is 0.726. The topological polar surface area (TPSA) is 105 Å². The molecule has 1 aliphatic rings. The smallest absolute Gasteiger partial charge is 0.322 e. The monoisotopic (exact) mass is 610 g/mol. The van der Waals surface area contributed by atoms with Crippen LogP contribution in [0.1, 0.15) is 31.2 Å². The van der Waals surface area contributed by atoms with Gasteiger partial charge in [0.2, 0.25) is 10.0 Å². The number of rotatable bonds is 11. The summed E-state index contributed by atoms with van der Waals surface area (Å²) in [6.45, 7) is 2.91. The Labute approximate surface area is 232 Å². The molecule has 1 aliphatic heterocycles. The zero-order valence-corrected chi connectivity index (χ0v) is 23.6. The summed E-state index contributed by atoms with van der Waals surface area (Å²) >= 11 is 3.27. The normalized spacial score (nSPS) is 15.2. The summed E-state index contributed by atoms with van der Waals surface area (Å²) in [7, 11) is -3.98. The molecule has 10 heteroatoms. The Morgan fingerprint density at radius 3 is 2.43 bits per heavy atom. The van der Waals surface area contributed by atoms with Gasteiger partial charge in [-0.25, -0.2) is 8.42 Å². The van der Waals surface area contributed by atoms with Crippen LogP contribution in [0.5, 0.6) is 5.75 Å². The van der Waals surface area contributed by atoms with E-state index in [0.717, 1.165) is 52.0 Å². The Bertz CT molecular complexity index is 1300. The summed E-state index contributed by atoms with van der Waals surface area (Å²) in [5, 5.41) is 15.0. The van der Waals surface area contributed by atoms with Crippen LogP contribution >= 0.6 is 28.3 Å². The van der Waals surface area contributed by atoms with Crippen molar-refractivity contribution in [2.75, 3.05) is 19.7 Å². The summed E-state index contributed by atoms with van der Waals surface area (Å²) in [6.07, 6.45) is 4.73. The maximum absolute atomic E-state index is 12.7. The van der Waals surface area contributed by atoms with Crippen LogP contribution < -0.4 is 14.8 Å². The average Bonchev–Trinajstić information content (AvgIpc) is 2.87. The quantitative estimate of drug-likeness (QED) is 0.259. The molecule has 3 aromatic carbocycles. The molecule has 0 spiro atoms. The van der Waals surface area contributed by atoms with Crippen molar-refractivity contribution in [3.63, 3.8) is 0 Å². The number of carbonyl (C=O) groups is 1. The van der Waals surface area contributed by atoms with Gasteiger partial charge < -0.3 is 15.2 Å². The molecule has 1 heterocycles. The minimum absolute atomic E-state index is 0. The van der Waals surface area contributed by atoms with Gasteiger partial charge in [0.1, 0.15) is 11.8 Å². The van der Waals surface area contributed by atoms with E-state index < -0.39 is 22.0 Å². The molecule has 0 bridgehead atoms. The predicted molar refractivity (Wildman–Crippen MR) is 151 cm³/mol. The van der Waals surface area contributed by atoms with Crippen LogP contribution in [0, 0.1) is 5.92 Å². The standard InChI is InChI=1S/C27H31BrN2O5S.ClH/c28-23-6-9-25(10-7-23)36(33,34)30-26(27(31)32)17-20-3-4-22-18-24(8-5-21(22)16-20)35-15-1-2-19-11-13-29-14-12-19;/h3-10,16,18-19,26,29-30H,1-2,11-15,17H2,(H,31,32);1H. The number of piperidine rings is 1. The number of nitrogens with one attached hydrogen (secondary N) is 2. The van der Waals surface area contributed by atoms with Crippen LogP contribution in [0.3, 0.4) is 0 Å². The van der Waals surface area contributed by atoms with E-state index in [-0.39, 0.29) is 23.7 Å². The Hall–Kier alpha value is -2.17. The summed E-state index contributed by atoms with van der Waals surface area (Å²) in [5.74, 6) is 0.370. The summed E-state index contributed by atoms with van der Waals surface area (Å²) in [4.78, 5) is 11.9. The first-order valence-electron chi connectivity index (χ1n) is 12.2. The molecule has 1 saturated heterocycles. The van der Waals surface area contributed by atoms with Crippen molar-refractivity contribution in [2.24, 2.45) is 5.92 Å². The zero-order chi connectivity index (χ0) is 25.5. The highest BCUT2D eigenvalue weighted by Gasteiger charge is 2.26. The number of benzene rings is 3. The van der Waals surface area contributed by atoms with Gasteiger partial charge in [0.25, 0.3) is 0 Å². The van der Waals surface area contributed by atoms with Crippen LogP contribution in [0.25, 0.3) is 10.8 Å². The van der Waals surface area contributed by atoms with Crippen LogP contribution in [-0.2, 0) is 21.2 Å². The van der Waals surface area contributed by atoms with Gasteiger partial charge in [-0.15, -0.1) is 12.4 Å². The lowest BCUT2D eigenvalue weighted by Gasteiger charge is -2.22. The van der Waals surface area contributed by atoms with E-state index in [1.54, 1.807) is 12.1 Å². The Kier molecular flexibility index (Phi) is 10.8. The molecule has 200 valence electrons. The second-order valence-electron chi connectivity index (χ2n) is 9.20. The van der Waals surface area contributed by atoms with Gasteiger partial charge in [-0.2, -0.15) is 4.72 Å². The maximum Gasteiger partial charge on any atom is 0.322 e. The van der Waals surface area contributed by atoms with Gasteiger partial charge in [-0.3, -0.25) is 4.79 Å². The van der Waals surface area contributed by atoms with E-state index in [9.17, 15) is 18.3 Å². The fourth-order valence-electron chi connectivity index (χ4n) is 4.51. The van der Waals surface area contributed by atoms with Gasteiger partial charge >= 0.3 is 5.97 Å². The largest absolute Gasteiger partial charge is 0.494 e. The molecule has 4 rings (SSSR count). The van der Waals surface area contributed by atoms with E-state index in [2.05, 4.69) is 26.0 Å². The highest BCUT2D eigenvalue weighted by Crippen LogP contribution is 2.24. The van der Waals surface area contributed by atoms with E-state index in [1.807, 2.05) is 36.4 Å². The number of sulfonamides is 1. The zero-order valence-electron chi connectivity index (χ0n) is 20.4. The second-order valence-corrected chi connectivity index (χ2v) is 11.8. The third-order valence-corrected chi connectivity index (χ3v) is 8.54. The van der Waals surface area contributed by atoms with Crippen LogP contribution in [0.2, 0.25) is 0 Å². The van der Waals surface area contributed by atoms with Gasteiger partial charge in [-0.1, -0.05) is 40.2 Å². The molecule has 0 radical (unpaired) electrons. The number of halogens is 2. The lowest BCUT2D eigenvalue weighted by molar-refractivity contribution is -0.138. The van der Waals surface area contributed by atoms with E-state index >= 15 is 0 Å². The predicted octanol–water partition coefficient (Wildman–Crippen LogP) is 5.16. The van der Waals surface area contributed by atoms with Crippen molar-refractivity contribution in [3.05, 3.63) is 70.7 Å². The van der Waals surface area contributed by atoms with Crippen LogP contribution in [-0.4, -0.2) is 45.2 Å². The van der Waals surface area contributed by atoms with Crippen molar-refractivity contribution in [1.82, 2.24) is 10.0 Å². The summed E-state index contributed by atoms with van der Waals surface area (Å²) < 4.78 is 34.4. The molecule has 0 amide bonds. The minimum atomic E-state index is -3.98. The van der Waals surface area contributed by atoms with Crippen molar-refractivity contribution in [3.8, 4) is 5.75 Å². The Balaban J connectivity index is 0.00000380. The molecule has 3 N–H and O–H groups in total. The number of carboxylic acids is 1. The third kappa shape index (κ3) is 8.41. The molecule has 7 nitrogen and oxygen atoms in total. The molecule has 0 aromatic heterocycles.